The fourth-order valence-corrected chi connectivity index (χ4v) is 4.45. The summed E-state index contributed by atoms with van der Waals surface area (Å²) < 4.78 is 0. The topological polar surface area (TPSA) is 6.48 Å². The Morgan fingerprint density at radius 3 is 1.50 bits per heavy atom. The quantitative estimate of drug-likeness (QED) is 0.429. The van der Waals surface area contributed by atoms with Crippen LogP contribution in [0.5, 0.6) is 0 Å². The second-order valence-corrected chi connectivity index (χ2v) is 9.16. The van der Waals surface area contributed by atoms with E-state index in [4.69, 9.17) is 0 Å². The van der Waals surface area contributed by atoms with E-state index in [1.807, 2.05) is 0 Å². The molecule has 2 unspecified atom stereocenters. The van der Waals surface area contributed by atoms with Crippen LogP contribution in [0.25, 0.3) is 0 Å². The molecule has 0 aromatic rings. The van der Waals surface area contributed by atoms with E-state index in [9.17, 15) is 0 Å². The van der Waals surface area contributed by atoms with Crippen molar-refractivity contribution in [3.05, 3.63) is 0 Å². The van der Waals surface area contributed by atoms with Gasteiger partial charge in [-0.15, -0.1) is 0 Å². The van der Waals surface area contributed by atoms with Crippen molar-refractivity contribution in [3.8, 4) is 0 Å². The van der Waals surface area contributed by atoms with Gasteiger partial charge in [0.05, 0.1) is 6.67 Å². The van der Waals surface area contributed by atoms with E-state index in [1.165, 1.54) is 84.2 Å². The molecule has 144 valence electrons. The minimum atomic E-state index is 0.435. The van der Waals surface area contributed by atoms with E-state index in [0.717, 1.165) is 11.8 Å². The normalized spacial score (nSPS) is 21.8. The molecular formula is C22H46N2. The van der Waals surface area contributed by atoms with Gasteiger partial charge in [0, 0.05) is 26.2 Å². The molecule has 0 aromatic heterocycles. The van der Waals surface area contributed by atoms with Crippen molar-refractivity contribution in [1.82, 2.24) is 9.80 Å². The van der Waals surface area contributed by atoms with Crippen LogP contribution in [-0.2, 0) is 0 Å². The Bertz CT molecular complexity index is 285. The van der Waals surface area contributed by atoms with Crippen LogP contribution in [0.2, 0.25) is 0 Å². The number of hydrogen-bond donors (Lipinski definition) is 0. The monoisotopic (exact) mass is 338 g/mol. The summed E-state index contributed by atoms with van der Waals surface area (Å²) in [7, 11) is 0. The van der Waals surface area contributed by atoms with Crippen LogP contribution in [0.1, 0.15) is 92.9 Å². The Balaban J connectivity index is 2.58. The van der Waals surface area contributed by atoms with Gasteiger partial charge in [-0.25, -0.2) is 0 Å². The first-order chi connectivity index (χ1) is 11.4. The molecule has 1 aliphatic rings. The molecule has 1 aliphatic heterocycles. The molecular weight excluding hydrogens is 292 g/mol. The molecule has 0 radical (unpaired) electrons. The van der Waals surface area contributed by atoms with E-state index < -0.39 is 0 Å². The van der Waals surface area contributed by atoms with Crippen LogP contribution in [0.15, 0.2) is 0 Å². The summed E-state index contributed by atoms with van der Waals surface area (Å²) in [5, 5.41) is 0. The van der Waals surface area contributed by atoms with Crippen LogP contribution in [0, 0.1) is 17.3 Å². The fraction of sp³-hybridized carbons (Fsp3) is 1.00. The smallest absolute Gasteiger partial charge is 0.0506 e. The second-order valence-electron chi connectivity index (χ2n) is 9.16. The van der Waals surface area contributed by atoms with E-state index >= 15 is 0 Å². The lowest BCUT2D eigenvalue weighted by molar-refractivity contribution is -0.00863. The Labute approximate surface area is 153 Å². The zero-order valence-electron chi connectivity index (χ0n) is 17.7. The number of unbranched alkanes of at least 4 members (excludes halogenated alkanes) is 2. The SMILES string of the molecule is CCCCC(CC)CN1CN(CC(CC)CCCC)CC(C)(C)C1. The van der Waals surface area contributed by atoms with E-state index in [2.05, 4.69) is 51.3 Å². The highest BCUT2D eigenvalue weighted by atomic mass is 15.3. The van der Waals surface area contributed by atoms with Crippen molar-refractivity contribution < 1.29 is 0 Å². The summed E-state index contributed by atoms with van der Waals surface area (Å²) in [5.41, 5.74) is 0.435. The zero-order valence-corrected chi connectivity index (χ0v) is 17.7. The van der Waals surface area contributed by atoms with Crippen molar-refractivity contribution in [2.24, 2.45) is 17.3 Å². The Morgan fingerprint density at radius 2 is 1.17 bits per heavy atom. The van der Waals surface area contributed by atoms with Crippen molar-refractivity contribution in [2.45, 2.75) is 92.9 Å². The maximum atomic E-state index is 2.76. The van der Waals surface area contributed by atoms with Gasteiger partial charge in [0.15, 0.2) is 0 Å². The molecule has 0 bridgehead atoms. The third kappa shape index (κ3) is 8.34. The highest BCUT2D eigenvalue weighted by Crippen LogP contribution is 2.27. The molecule has 2 atom stereocenters. The maximum absolute atomic E-state index is 2.76. The summed E-state index contributed by atoms with van der Waals surface area (Å²) in [6, 6.07) is 0. The van der Waals surface area contributed by atoms with Crippen molar-refractivity contribution >= 4 is 0 Å². The summed E-state index contributed by atoms with van der Waals surface area (Å²) in [4.78, 5) is 5.53. The molecule has 1 saturated heterocycles. The molecule has 2 nitrogen and oxygen atoms in total. The first-order valence-corrected chi connectivity index (χ1v) is 10.9. The van der Waals surface area contributed by atoms with Gasteiger partial charge in [-0.1, -0.05) is 80.1 Å². The van der Waals surface area contributed by atoms with Crippen LogP contribution in [-0.4, -0.2) is 42.6 Å². The molecule has 0 N–H and O–H groups in total. The Hall–Kier alpha value is -0.0800. The number of hydrogen-bond acceptors (Lipinski definition) is 2. The third-order valence-corrected chi connectivity index (χ3v) is 5.82. The van der Waals surface area contributed by atoms with Crippen molar-refractivity contribution in [2.75, 3.05) is 32.8 Å². The molecule has 0 amide bonds. The van der Waals surface area contributed by atoms with Gasteiger partial charge in [-0.2, -0.15) is 0 Å². The lowest BCUT2D eigenvalue weighted by atomic mass is 9.88. The average Bonchev–Trinajstić information content (AvgIpc) is 2.53. The van der Waals surface area contributed by atoms with Gasteiger partial charge >= 0.3 is 0 Å². The molecule has 1 fully saturated rings. The maximum Gasteiger partial charge on any atom is 0.0506 e. The second kappa shape index (κ2) is 11.5. The molecule has 1 rings (SSSR count). The lowest BCUT2D eigenvalue weighted by Gasteiger charge is -2.46. The third-order valence-electron chi connectivity index (χ3n) is 5.82. The molecule has 0 saturated carbocycles. The molecule has 2 heteroatoms. The fourth-order valence-electron chi connectivity index (χ4n) is 4.45. The Kier molecular flexibility index (Phi) is 10.5. The summed E-state index contributed by atoms with van der Waals surface area (Å²) in [6.07, 6.45) is 11.0. The Morgan fingerprint density at radius 1 is 0.750 bits per heavy atom. The number of nitrogens with zero attached hydrogens (tertiary/aromatic N) is 2. The van der Waals surface area contributed by atoms with Gasteiger partial charge in [0.1, 0.15) is 0 Å². The van der Waals surface area contributed by atoms with E-state index in [-0.39, 0.29) is 0 Å². The highest BCUT2D eigenvalue weighted by molar-refractivity contribution is 4.85. The van der Waals surface area contributed by atoms with Gasteiger partial charge in [-0.3, -0.25) is 9.80 Å². The molecule has 24 heavy (non-hydrogen) atoms. The predicted molar refractivity (Wildman–Crippen MR) is 108 cm³/mol. The minimum Gasteiger partial charge on any atom is -0.290 e. The van der Waals surface area contributed by atoms with Crippen molar-refractivity contribution in [3.63, 3.8) is 0 Å². The summed E-state index contributed by atoms with van der Waals surface area (Å²) in [5.74, 6) is 1.78. The largest absolute Gasteiger partial charge is 0.290 e. The molecule has 0 aliphatic carbocycles. The highest BCUT2D eigenvalue weighted by Gasteiger charge is 2.32. The van der Waals surface area contributed by atoms with Crippen molar-refractivity contribution in [1.29, 1.82) is 0 Å². The number of rotatable bonds is 12. The summed E-state index contributed by atoms with van der Waals surface area (Å²) >= 11 is 0. The lowest BCUT2D eigenvalue weighted by Crippen LogP contribution is -2.55. The van der Waals surface area contributed by atoms with E-state index in [0.29, 0.717) is 5.41 Å². The molecule has 0 spiro atoms. The van der Waals surface area contributed by atoms with Crippen LogP contribution >= 0.6 is 0 Å². The van der Waals surface area contributed by atoms with Crippen LogP contribution < -0.4 is 0 Å². The zero-order chi connectivity index (χ0) is 18.0. The first kappa shape index (κ1) is 22.0. The average molecular weight is 339 g/mol. The standard InChI is InChI=1S/C22H46N2/c1-7-11-13-20(9-3)15-23-17-22(5,6)18-24(19-23)16-21(10-4)14-12-8-2/h20-21H,7-19H2,1-6H3. The summed E-state index contributed by atoms with van der Waals surface area (Å²) in [6.45, 7) is 20.7. The van der Waals surface area contributed by atoms with Gasteiger partial charge in [0.2, 0.25) is 0 Å². The van der Waals surface area contributed by atoms with Gasteiger partial charge < -0.3 is 0 Å². The van der Waals surface area contributed by atoms with Crippen LogP contribution in [0.4, 0.5) is 0 Å². The van der Waals surface area contributed by atoms with E-state index in [1.54, 1.807) is 0 Å². The minimum absolute atomic E-state index is 0.435. The predicted octanol–water partition coefficient (Wildman–Crippen LogP) is 6.02. The molecule has 0 aromatic carbocycles. The van der Waals surface area contributed by atoms with Gasteiger partial charge in [-0.05, 0) is 30.1 Å². The van der Waals surface area contributed by atoms with Gasteiger partial charge in [0.25, 0.3) is 0 Å². The first-order valence-electron chi connectivity index (χ1n) is 10.9. The molecule has 1 heterocycles. The van der Waals surface area contributed by atoms with Crippen LogP contribution in [0.3, 0.4) is 0 Å².